The smallest absolute Gasteiger partial charge is 0.0921 e. The molecule has 0 atom stereocenters. The molecule has 0 radical (unpaired) electrons. The molecular weight excluding hydrogens is 196 g/mol. The summed E-state index contributed by atoms with van der Waals surface area (Å²) in [5.74, 6) is 0. The van der Waals surface area contributed by atoms with Gasteiger partial charge in [-0.25, -0.2) is 0 Å². The third-order valence-electron chi connectivity index (χ3n) is 2.70. The van der Waals surface area contributed by atoms with Crippen LogP contribution in [0.1, 0.15) is 22.5 Å². The molecule has 2 nitrogen and oxygen atoms in total. The number of hydrogen-bond donors (Lipinski definition) is 0. The molecule has 0 aromatic carbocycles. The average molecular weight is 212 g/mol. The highest BCUT2D eigenvalue weighted by atomic mass is 14.8. The maximum absolute atomic E-state index is 4.58. The van der Waals surface area contributed by atoms with Gasteiger partial charge >= 0.3 is 0 Å². The largest absolute Gasteiger partial charge is 0.251 e. The van der Waals surface area contributed by atoms with Crippen molar-refractivity contribution >= 4 is 0 Å². The van der Waals surface area contributed by atoms with Gasteiger partial charge in [-0.05, 0) is 51.0 Å². The summed E-state index contributed by atoms with van der Waals surface area (Å²) in [7, 11) is 0. The number of hydrogen-bond acceptors (Lipinski definition) is 2. The first-order chi connectivity index (χ1) is 7.58. The van der Waals surface area contributed by atoms with Gasteiger partial charge in [0.25, 0.3) is 0 Å². The van der Waals surface area contributed by atoms with Gasteiger partial charge in [-0.2, -0.15) is 0 Å². The van der Waals surface area contributed by atoms with Gasteiger partial charge in [0.1, 0.15) is 0 Å². The van der Waals surface area contributed by atoms with E-state index in [9.17, 15) is 0 Å². The Labute approximate surface area is 96.4 Å². The molecular formula is C14H16N2. The summed E-state index contributed by atoms with van der Waals surface area (Å²) in [5.41, 5.74) is 6.41. The van der Waals surface area contributed by atoms with Gasteiger partial charge in [-0.1, -0.05) is 12.1 Å². The Kier molecular flexibility index (Phi) is 2.73. The quantitative estimate of drug-likeness (QED) is 0.724. The first kappa shape index (κ1) is 10.8. The molecule has 2 aromatic heterocycles. The Morgan fingerprint density at radius 2 is 1.00 bits per heavy atom. The molecule has 0 spiro atoms. The van der Waals surface area contributed by atoms with Crippen LogP contribution >= 0.6 is 0 Å². The van der Waals surface area contributed by atoms with Crippen molar-refractivity contribution in [2.45, 2.75) is 27.7 Å². The van der Waals surface area contributed by atoms with E-state index >= 15 is 0 Å². The summed E-state index contributed by atoms with van der Waals surface area (Å²) in [6.45, 7) is 8.17. The molecule has 0 aliphatic heterocycles. The lowest BCUT2D eigenvalue weighted by Gasteiger charge is -2.09. The van der Waals surface area contributed by atoms with E-state index in [1.165, 1.54) is 11.1 Å². The summed E-state index contributed by atoms with van der Waals surface area (Å²) >= 11 is 0. The minimum Gasteiger partial charge on any atom is -0.251 e. The lowest BCUT2D eigenvalue weighted by atomic mass is 10.1. The van der Waals surface area contributed by atoms with Gasteiger partial charge in [0.15, 0.2) is 0 Å². The van der Waals surface area contributed by atoms with Crippen LogP contribution in [-0.4, -0.2) is 9.97 Å². The number of pyridine rings is 2. The SMILES string of the molecule is Cc1ccc(C)c(-c2nc(C)ccc2C)n1. The molecule has 2 heterocycles. The molecule has 0 bridgehead atoms. The Bertz CT molecular complexity index is 481. The fourth-order valence-electron chi connectivity index (χ4n) is 1.73. The third kappa shape index (κ3) is 1.96. The van der Waals surface area contributed by atoms with Crippen molar-refractivity contribution in [3.05, 3.63) is 46.8 Å². The Morgan fingerprint density at radius 3 is 1.38 bits per heavy atom. The van der Waals surface area contributed by atoms with Crippen LogP contribution in [0.3, 0.4) is 0 Å². The molecule has 2 aromatic rings. The number of aryl methyl sites for hydroxylation is 4. The zero-order valence-electron chi connectivity index (χ0n) is 10.2. The lowest BCUT2D eigenvalue weighted by molar-refractivity contribution is 1.11. The predicted octanol–water partition coefficient (Wildman–Crippen LogP) is 3.38. The molecule has 0 amide bonds. The Morgan fingerprint density at radius 1 is 0.625 bits per heavy atom. The van der Waals surface area contributed by atoms with Crippen molar-refractivity contribution in [2.24, 2.45) is 0 Å². The van der Waals surface area contributed by atoms with Crippen molar-refractivity contribution in [3.63, 3.8) is 0 Å². The van der Waals surface area contributed by atoms with Crippen molar-refractivity contribution < 1.29 is 0 Å². The second kappa shape index (κ2) is 4.05. The van der Waals surface area contributed by atoms with Crippen LogP contribution in [0, 0.1) is 27.7 Å². The van der Waals surface area contributed by atoms with E-state index in [1.54, 1.807) is 0 Å². The van der Waals surface area contributed by atoms with Gasteiger partial charge < -0.3 is 0 Å². The number of aromatic nitrogens is 2. The average Bonchev–Trinajstić information content (AvgIpc) is 2.25. The molecule has 0 unspecified atom stereocenters. The first-order valence-electron chi connectivity index (χ1n) is 5.47. The van der Waals surface area contributed by atoms with Crippen molar-refractivity contribution in [3.8, 4) is 11.4 Å². The Balaban J connectivity index is 2.66. The van der Waals surface area contributed by atoms with Gasteiger partial charge in [-0.15, -0.1) is 0 Å². The summed E-state index contributed by atoms with van der Waals surface area (Å²) in [4.78, 5) is 9.16. The minimum absolute atomic E-state index is 1.00. The Hall–Kier alpha value is -1.70. The summed E-state index contributed by atoms with van der Waals surface area (Å²) < 4.78 is 0. The zero-order valence-corrected chi connectivity index (χ0v) is 10.2. The van der Waals surface area contributed by atoms with Crippen molar-refractivity contribution in [2.75, 3.05) is 0 Å². The van der Waals surface area contributed by atoms with Crippen molar-refractivity contribution in [1.29, 1.82) is 0 Å². The van der Waals surface area contributed by atoms with Crippen LogP contribution in [0.2, 0.25) is 0 Å². The monoisotopic (exact) mass is 212 g/mol. The molecule has 16 heavy (non-hydrogen) atoms. The molecule has 0 aliphatic rings. The maximum Gasteiger partial charge on any atom is 0.0921 e. The van der Waals surface area contributed by atoms with E-state index in [4.69, 9.17) is 0 Å². The topological polar surface area (TPSA) is 25.8 Å². The van der Waals surface area contributed by atoms with Crippen LogP contribution in [-0.2, 0) is 0 Å². The summed E-state index contributed by atoms with van der Waals surface area (Å²) in [6, 6.07) is 8.26. The lowest BCUT2D eigenvalue weighted by Crippen LogP contribution is -1.97. The van der Waals surface area contributed by atoms with Crippen LogP contribution in [0.5, 0.6) is 0 Å². The van der Waals surface area contributed by atoms with E-state index in [2.05, 4.69) is 35.9 Å². The normalized spacial score (nSPS) is 10.5. The zero-order chi connectivity index (χ0) is 11.7. The van der Waals surface area contributed by atoms with E-state index in [-0.39, 0.29) is 0 Å². The molecule has 0 aliphatic carbocycles. The molecule has 0 fully saturated rings. The molecule has 2 heteroatoms. The highest BCUT2D eigenvalue weighted by molar-refractivity contribution is 5.62. The van der Waals surface area contributed by atoms with E-state index in [0.717, 1.165) is 22.8 Å². The standard InChI is InChI=1S/C14H16N2/c1-9-5-7-11(3)15-13(9)14-10(2)6-8-12(4)16-14/h5-8H,1-4H3. The van der Waals surface area contributed by atoms with Gasteiger partial charge in [0.05, 0.1) is 11.4 Å². The molecule has 0 N–H and O–H groups in total. The van der Waals surface area contributed by atoms with Crippen LogP contribution in [0.25, 0.3) is 11.4 Å². The predicted molar refractivity (Wildman–Crippen MR) is 66.4 cm³/mol. The first-order valence-corrected chi connectivity index (χ1v) is 5.47. The third-order valence-corrected chi connectivity index (χ3v) is 2.70. The number of rotatable bonds is 1. The van der Waals surface area contributed by atoms with E-state index in [1.807, 2.05) is 26.0 Å². The molecule has 0 saturated heterocycles. The highest BCUT2D eigenvalue weighted by Gasteiger charge is 2.08. The highest BCUT2D eigenvalue weighted by Crippen LogP contribution is 2.23. The van der Waals surface area contributed by atoms with Gasteiger partial charge in [-0.3, -0.25) is 9.97 Å². The number of nitrogens with zero attached hydrogens (tertiary/aromatic N) is 2. The van der Waals surface area contributed by atoms with Gasteiger partial charge in [0.2, 0.25) is 0 Å². The maximum atomic E-state index is 4.58. The summed E-state index contributed by atoms with van der Waals surface area (Å²) in [6.07, 6.45) is 0. The second-order valence-electron chi connectivity index (χ2n) is 4.24. The fourth-order valence-corrected chi connectivity index (χ4v) is 1.73. The van der Waals surface area contributed by atoms with E-state index in [0.29, 0.717) is 0 Å². The van der Waals surface area contributed by atoms with Crippen LogP contribution < -0.4 is 0 Å². The molecule has 2 rings (SSSR count). The summed E-state index contributed by atoms with van der Waals surface area (Å²) in [5, 5.41) is 0. The van der Waals surface area contributed by atoms with Crippen molar-refractivity contribution in [1.82, 2.24) is 9.97 Å². The van der Waals surface area contributed by atoms with Crippen LogP contribution in [0.4, 0.5) is 0 Å². The van der Waals surface area contributed by atoms with Crippen LogP contribution in [0.15, 0.2) is 24.3 Å². The molecule has 0 saturated carbocycles. The van der Waals surface area contributed by atoms with Gasteiger partial charge in [0, 0.05) is 11.4 Å². The second-order valence-corrected chi connectivity index (χ2v) is 4.24. The van der Waals surface area contributed by atoms with E-state index < -0.39 is 0 Å². The molecule has 82 valence electrons. The minimum atomic E-state index is 1.00. The fraction of sp³-hybridized carbons (Fsp3) is 0.286.